The van der Waals surface area contributed by atoms with Crippen molar-refractivity contribution in [1.29, 1.82) is 0 Å². The van der Waals surface area contributed by atoms with Crippen molar-refractivity contribution in [2.45, 2.75) is 57.9 Å². The normalized spacial score (nSPS) is 23.8. The summed E-state index contributed by atoms with van der Waals surface area (Å²) in [5.41, 5.74) is 8.59. The quantitative estimate of drug-likeness (QED) is 0.844. The molecule has 2 heterocycles. The smallest absolute Gasteiger partial charge is 0.137 e. The third-order valence-electron chi connectivity index (χ3n) is 5.20. The molecule has 0 aliphatic heterocycles. The van der Waals surface area contributed by atoms with Crippen LogP contribution in [0.3, 0.4) is 0 Å². The molecule has 1 unspecified atom stereocenters. The second-order valence-corrected chi connectivity index (χ2v) is 7.14. The second kappa shape index (κ2) is 7.01. The summed E-state index contributed by atoms with van der Waals surface area (Å²) in [6.07, 6.45) is 13.0. The lowest BCUT2D eigenvalue weighted by Crippen LogP contribution is -2.27. The monoisotopic (exact) mass is 319 g/mol. The van der Waals surface area contributed by atoms with Crippen molar-refractivity contribution in [3.8, 4) is 0 Å². The summed E-state index contributed by atoms with van der Waals surface area (Å²) >= 11 is 6.12. The van der Waals surface area contributed by atoms with Gasteiger partial charge in [-0.25, -0.2) is 4.98 Å². The summed E-state index contributed by atoms with van der Waals surface area (Å²) in [7, 11) is 0. The van der Waals surface area contributed by atoms with Crippen LogP contribution in [0.5, 0.6) is 0 Å². The van der Waals surface area contributed by atoms with Gasteiger partial charge in [-0.3, -0.25) is 0 Å². The Bertz CT molecular complexity index is 614. The van der Waals surface area contributed by atoms with Crippen molar-refractivity contribution in [3.05, 3.63) is 35.2 Å². The van der Waals surface area contributed by atoms with Crippen molar-refractivity contribution < 1.29 is 0 Å². The number of hydrogen-bond acceptors (Lipinski definition) is 2. The highest BCUT2D eigenvalue weighted by molar-refractivity contribution is 6.30. The average Bonchev–Trinajstić information content (AvgIpc) is 2.95. The second-order valence-electron chi connectivity index (χ2n) is 6.71. The van der Waals surface area contributed by atoms with E-state index in [-0.39, 0.29) is 6.04 Å². The number of unbranched alkanes of at least 4 members (excludes halogenated alkanes) is 1. The zero-order valence-electron chi connectivity index (χ0n) is 13.3. The molecule has 2 N–H and O–H groups in total. The van der Waals surface area contributed by atoms with Crippen molar-refractivity contribution in [2.24, 2.45) is 17.6 Å². The van der Waals surface area contributed by atoms with E-state index in [1.54, 1.807) is 0 Å². The van der Waals surface area contributed by atoms with Crippen molar-refractivity contribution >= 4 is 17.2 Å². The molecule has 2 aromatic heterocycles. The predicted octanol–water partition coefficient (Wildman–Crippen LogP) is 4.98. The van der Waals surface area contributed by atoms with Gasteiger partial charge in [0.05, 0.1) is 16.9 Å². The molecule has 0 spiro atoms. The molecule has 3 rings (SSSR count). The molecule has 1 aliphatic rings. The lowest BCUT2D eigenvalue weighted by atomic mass is 9.76. The minimum absolute atomic E-state index is 0.0561. The van der Waals surface area contributed by atoms with Crippen LogP contribution in [0, 0.1) is 11.8 Å². The summed E-state index contributed by atoms with van der Waals surface area (Å²) < 4.78 is 2.05. The maximum absolute atomic E-state index is 6.57. The average molecular weight is 320 g/mol. The molecule has 3 nitrogen and oxygen atoms in total. The van der Waals surface area contributed by atoms with Gasteiger partial charge in [-0.15, -0.1) is 0 Å². The third-order valence-corrected chi connectivity index (χ3v) is 5.43. The Morgan fingerprint density at radius 1 is 1.32 bits per heavy atom. The van der Waals surface area contributed by atoms with Crippen molar-refractivity contribution in [1.82, 2.24) is 9.38 Å². The van der Waals surface area contributed by atoms with Gasteiger partial charge in [-0.05, 0) is 36.8 Å². The van der Waals surface area contributed by atoms with E-state index in [1.807, 2.05) is 24.5 Å². The van der Waals surface area contributed by atoms with Gasteiger partial charge < -0.3 is 10.1 Å². The molecule has 22 heavy (non-hydrogen) atoms. The summed E-state index contributed by atoms with van der Waals surface area (Å²) in [5, 5.41) is 0.724. The zero-order valence-corrected chi connectivity index (χ0v) is 14.1. The molecule has 2 aromatic rings. The van der Waals surface area contributed by atoms with Crippen molar-refractivity contribution in [3.63, 3.8) is 0 Å². The first-order valence-electron chi connectivity index (χ1n) is 8.57. The van der Waals surface area contributed by atoms with Crippen LogP contribution in [0.4, 0.5) is 0 Å². The minimum Gasteiger partial charge on any atom is -0.322 e. The largest absolute Gasteiger partial charge is 0.322 e. The van der Waals surface area contributed by atoms with E-state index in [0.29, 0.717) is 5.92 Å². The number of pyridine rings is 1. The molecule has 1 aliphatic carbocycles. The number of nitrogens with zero attached hydrogens (tertiary/aromatic N) is 2. The Morgan fingerprint density at radius 3 is 2.82 bits per heavy atom. The van der Waals surface area contributed by atoms with Gasteiger partial charge in [0.1, 0.15) is 5.65 Å². The number of fused-ring (bicyclic) bond motifs is 1. The first kappa shape index (κ1) is 15.8. The van der Waals surface area contributed by atoms with Crippen LogP contribution in [0.2, 0.25) is 5.02 Å². The topological polar surface area (TPSA) is 43.3 Å². The number of imidazole rings is 1. The Morgan fingerprint density at radius 2 is 2.09 bits per heavy atom. The fourth-order valence-electron chi connectivity index (χ4n) is 3.79. The first-order valence-corrected chi connectivity index (χ1v) is 8.95. The van der Waals surface area contributed by atoms with Crippen LogP contribution in [0.25, 0.3) is 5.65 Å². The van der Waals surface area contributed by atoms with E-state index >= 15 is 0 Å². The number of hydrogen-bond donors (Lipinski definition) is 1. The van der Waals surface area contributed by atoms with Crippen LogP contribution >= 0.6 is 11.6 Å². The maximum Gasteiger partial charge on any atom is 0.137 e. The molecule has 0 aromatic carbocycles. The summed E-state index contributed by atoms with van der Waals surface area (Å²) in [6.45, 7) is 2.28. The molecule has 0 radical (unpaired) electrons. The highest BCUT2D eigenvalue weighted by Gasteiger charge is 2.27. The van der Waals surface area contributed by atoms with Gasteiger partial charge in [-0.1, -0.05) is 50.6 Å². The fraction of sp³-hybridized carbons (Fsp3) is 0.611. The fourth-order valence-corrected chi connectivity index (χ4v) is 3.95. The SMILES string of the molecule is CCCCC1CCC(C(N)c2cnc3ccc(Cl)cn23)CC1. The molecular weight excluding hydrogens is 294 g/mol. The molecule has 0 amide bonds. The summed E-state index contributed by atoms with van der Waals surface area (Å²) in [5.74, 6) is 1.48. The highest BCUT2D eigenvalue weighted by atomic mass is 35.5. The first-order chi connectivity index (χ1) is 10.7. The van der Waals surface area contributed by atoms with Crippen LogP contribution in [0.1, 0.15) is 63.6 Å². The Labute approximate surface area is 137 Å². The van der Waals surface area contributed by atoms with E-state index in [4.69, 9.17) is 17.3 Å². The lowest BCUT2D eigenvalue weighted by molar-refractivity contribution is 0.230. The van der Waals surface area contributed by atoms with E-state index in [1.165, 1.54) is 44.9 Å². The van der Waals surface area contributed by atoms with Gasteiger partial charge in [0, 0.05) is 12.2 Å². The van der Waals surface area contributed by atoms with Gasteiger partial charge in [0.15, 0.2) is 0 Å². The molecule has 1 saturated carbocycles. The zero-order chi connectivity index (χ0) is 15.5. The van der Waals surface area contributed by atoms with Gasteiger partial charge in [0.25, 0.3) is 0 Å². The molecule has 0 bridgehead atoms. The number of rotatable bonds is 5. The molecule has 1 atom stereocenters. The predicted molar refractivity (Wildman–Crippen MR) is 92.1 cm³/mol. The van der Waals surface area contributed by atoms with Crippen LogP contribution in [-0.2, 0) is 0 Å². The van der Waals surface area contributed by atoms with Gasteiger partial charge in [0.2, 0.25) is 0 Å². The lowest BCUT2D eigenvalue weighted by Gasteiger charge is -2.32. The van der Waals surface area contributed by atoms with Crippen LogP contribution < -0.4 is 5.73 Å². The Kier molecular flexibility index (Phi) is 5.04. The molecule has 4 heteroatoms. The minimum atomic E-state index is 0.0561. The van der Waals surface area contributed by atoms with E-state index in [0.717, 1.165) is 22.3 Å². The Hall–Kier alpha value is -1.06. The summed E-state index contributed by atoms with van der Waals surface area (Å²) in [6, 6.07) is 3.87. The molecule has 0 saturated heterocycles. The number of nitrogens with two attached hydrogens (primary N) is 1. The maximum atomic E-state index is 6.57. The highest BCUT2D eigenvalue weighted by Crippen LogP contribution is 2.37. The summed E-state index contributed by atoms with van der Waals surface area (Å²) in [4.78, 5) is 4.46. The third kappa shape index (κ3) is 3.31. The Balaban J connectivity index is 1.69. The van der Waals surface area contributed by atoms with Gasteiger partial charge in [-0.2, -0.15) is 0 Å². The van der Waals surface area contributed by atoms with Crippen molar-refractivity contribution in [2.75, 3.05) is 0 Å². The number of aromatic nitrogens is 2. The molecular formula is C18H26ClN3. The van der Waals surface area contributed by atoms with Crippen LogP contribution in [-0.4, -0.2) is 9.38 Å². The van der Waals surface area contributed by atoms with Gasteiger partial charge >= 0.3 is 0 Å². The van der Waals surface area contributed by atoms with E-state index in [2.05, 4.69) is 16.3 Å². The van der Waals surface area contributed by atoms with E-state index in [9.17, 15) is 0 Å². The van der Waals surface area contributed by atoms with Crippen LogP contribution in [0.15, 0.2) is 24.5 Å². The van der Waals surface area contributed by atoms with E-state index < -0.39 is 0 Å². The molecule has 120 valence electrons. The number of halogens is 1. The molecule has 1 fully saturated rings. The standard InChI is InChI=1S/C18H26ClN3/c1-2-3-4-13-5-7-14(8-6-13)18(20)16-11-21-17-10-9-15(19)12-22(16)17/h9-14,18H,2-8,20H2,1H3.